The van der Waals surface area contributed by atoms with Gasteiger partial charge in [0.15, 0.2) is 0 Å². The van der Waals surface area contributed by atoms with E-state index in [1.807, 2.05) is 6.20 Å². The Morgan fingerprint density at radius 1 is 1.53 bits per heavy atom. The molecular formula is C11H18BrN3. The van der Waals surface area contributed by atoms with Gasteiger partial charge in [-0.05, 0) is 41.0 Å². The third-order valence-corrected chi connectivity index (χ3v) is 2.69. The maximum atomic E-state index is 4.41. The molecule has 0 atom stereocenters. The molecule has 1 aromatic heterocycles. The van der Waals surface area contributed by atoms with Crippen LogP contribution in [0.4, 0.5) is 5.82 Å². The van der Waals surface area contributed by atoms with Gasteiger partial charge >= 0.3 is 0 Å². The first kappa shape index (κ1) is 12.5. The highest BCUT2D eigenvalue weighted by Crippen LogP contribution is 2.19. The van der Waals surface area contributed by atoms with Crippen molar-refractivity contribution in [1.29, 1.82) is 0 Å². The Bertz CT molecular complexity index is 315. The summed E-state index contributed by atoms with van der Waals surface area (Å²) in [6, 6.07) is 2.09. The molecule has 0 fully saturated rings. The van der Waals surface area contributed by atoms with Crippen molar-refractivity contribution >= 4 is 21.7 Å². The highest BCUT2D eigenvalue weighted by atomic mass is 79.9. The first-order valence-electron chi connectivity index (χ1n) is 5.19. The summed E-state index contributed by atoms with van der Waals surface area (Å²) in [5.41, 5.74) is 1.20. The molecule has 1 rings (SSSR count). The predicted molar refractivity (Wildman–Crippen MR) is 68.5 cm³/mol. The lowest BCUT2D eigenvalue weighted by Crippen LogP contribution is -2.29. The zero-order valence-corrected chi connectivity index (χ0v) is 11.1. The molecule has 0 spiro atoms. The van der Waals surface area contributed by atoms with E-state index in [9.17, 15) is 0 Å². The molecule has 0 saturated heterocycles. The van der Waals surface area contributed by atoms with Gasteiger partial charge in [-0.2, -0.15) is 0 Å². The number of rotatable bonds is 5. The topological polar surface area (TPSA) is 28.2 Å². The van der Waals surface area contributed by atoms with Gasteiger partial charge in [-0.1, -0.05) is 6.92 Å². The highest BCUT2D eigenvalue weighted by molar-refractivity contribution is 9.10. The molecular weight excluding hydrogens is 254 g/mol. The molecule has 0 aliphatic rings. The molecule has 1 heterocycles. The van der Waals surface area contributed by atoms with Crippen molar-refractivity contribution < 1.29 is 0 Å². The minimum absolute atomic E-state index is 0.976. The number of aryl methyl sites for hydroxylation is 1. The average molecular weight is 272 g/mol. The lowest BCUT2D eigenvalue weighted by Gasteiger charge is -2.20. The summed E-state index contributed by atoms with van der Waals surface area (Å²) in [6.07, 6.45) is 1.84. The van der Waals surface area contributed by atoms with Gasteiger partial charge in [0.1, 0.15) is 5.82 Å². The zero-order valence-electron chi connectivity index (χ0n) is 9.55. The molecule has 84 valence electrons. The monoisotopic (exact) mass is 271 g/mol. The van der Waals surface area contributed by atoms with Crippen molar-refractivity contribution in [3.05, 3.63) is 22.3 Å². The van der Waals surface area contributed by atoms with Crippen LogP contribution in [-0.2, 0) is 0 Å². The molecule has 4 heteroatoms. The Kier molecular flexibility index (Phi) is 5.05. The molecule has 0 amide bonds. The number of hydrogen-bond donors (Lipinski definition) is 1. The molecule has 0 aromatic carbocycles. The summed E-state index contributed by atoms with van der Waals surface area (Å²) < 4.78 is 1.03. The Balaban J connectivity index is 2.61. The third-order valence-electron chi connectivity index (χ3n) is 2.25. The van der Waals surface area contributed by atoms with Gasteiger partial charge in [0.2, 0.25) is 0 Å². The lowest BCUT2D eigenvalue weighted by atomic mass is 10.3. The van der Waals surface area contributed by atoms with Crippen molar-refractivity contribution in [2.75, 3.05) is 31.6 Å². The van der Waals surface area contributed by atoms with Crippen LogP contribution < -0.4 is 10.2 Å². The minimum Gasteiger partial charge on any atom is -0.358 e. The number of nitrogens with zero attached hydrogens (tertiary/aromatic N) is 2. The third kappa shape index (κ3) is 3.80. The van der Waals surface area contributed by atoms with E-state index in [-0.39, 0.29) is 0 Å². The number of halogens is 1. The van der Waals surface area contributed by atoms with Gasteiger partial charge in [-0.25, -0.2) is 4.98 Å². The molecule has 0 unspecified atom stereocenters. The Labute approximate surface area is 100 Å². The Hall–Kier alpha value is -0.610. The first-order chi connectivity index (χ1) is 7.15. The molecule has 1 N–H and O–H groups in total. The normalized spacial score (nSPS) is 10.4. The molecule has 1 aromatic rings. The minimum atomic E-state index is 0.976. The fraction of sp³-hybridized carbons (Fsp3) is 0.545. The van der Waals surface area contributed by atoms with E-state index < -0.39 is 0 Å². The van der Waals surface area contributed by atoms with Crippen LogP contribution in [0.3, 0.4) is 0 Å². The molecule has 0 aliphatic carbocycles. The predicted octanol–water partition coefficient (Wildman–Crippen LogP) is 2.20. The summed E-state index contributed by atoms with van der Waals surface area (Å²) in [4.78, 5) is 6.58. The summed E-state index contributed by atoms with van der Waals surface area (Å²) >= 11 is 3.42. The van der Waals surface area contributed by atoms with E-state index in [2.05, 4.69) is 58.1 Å². The van der Waals surface area contributed by atoms with Crippen molar-refractivity contribution in [2.45, 2.75) is 13.8 Å². The van der Waals surface area contributed by atoms with Crippen molar-refractivity contribution in [2.24, 2.45) is 0 Å². The second-order valence-electron chi connectivity index (χ2n) is 3.57. The van der Waals surface area contributed by atoms with Crippen LogP contribution in [0.25, 0.3) is 0 Å². The number of aromatic nitrogens is 1. The van der Waals surface area contributed by atoms with E-state index in [1.165, 1.54) is 5.56 Å². The van der Waals surface area contributed by atoms with Crippen LogP contribution >= 0.6 is 15.9 Å². The summed E-state index contributed by atoms with van der Waals surface area (Å²) in [5, 5.41) is 3.30. The van der Waals surface area contributed by atoms with E-state index in [0.717, 1.165) is 29.9 Å². The Morgan fingerprint density at radius 3 is 2.87 bits per heavy atom. The van der Waals surface area contributed by atoms with Gasteiger partial charge in [-0.3, -0.25) is 0 Å². The number of likely N-dealkylation sites (N-methyl/N-ethyl adjacent to an activating group) is 2. The van der Waals surface area contributed by atoms with Crippen molar-refractivity contribution in [3.8, 4) is 0 Å². The second-order valence-corrected chi connectivity index (χ2v) is 4.48. The standard InChI is InChI=1S/C11H18BrN3/c1-4-13-5-6-15(3)11-9(2)7-10(12)8-14-11/h7-8,13H,4-6H2,1-3H3. The van der Waals surface area contributed by atoms with E-state index in [4.69, 9.17) is 0 Å². The number of hydrogen-bond acceptors (Lipinski definition) is 3. The highest BCUT2D eigenvalue weighted by Gasteiger charge is 2.05. The molecule has 0 aliphatic heterocycles. The SMILES string of the molecule is CCNCCN(C)c1ncc(Br)cc1C. The van der Waals surface area contributed by atoms with Gasteiger partial charge in [0, 0.05) is 30.8 Å². The Morgan fingerprint density at radius 2 is 2.27 bits per heavy atom. The molecule has 0 radical (unpaired) electrons. The second kappa shape index (κ2) is 6.08. The number of anilines is 1. The van der Waals surface area contributed by atoms with Crippen LogP contribution in [0, 0.1) is 6.92 Å². The fourth-order valence-corrected chi connectivity index (χ4v) is 1.91. The first-order valence-corrected chi connectivity index (χ1v) is 5.98. The van der Waals surface area contributed by atoms with Crippen LogP contribution in [0.2, 0.25) is 0 Å². The zero-order chi connectivity index (χ0) is 11.3. The largest absolute Gasteiger partial charge is 0.358 e. The molecule has 0 bridgehead atoms. The van der Waals surface area contributed by atoms with Crippen LogP contribution in [0.1, 0.15) is 12.5 Å². The fourth-order valence-electron chi connectivity index (χ4n) is 1.46. The van der Waals surface area contributed by atoms with Gasteiger partial charge < -0.3 is 10.2 Å². The van der Waals surface area contributed by atoms with Crippen molar-refractivity contribution in [1.82, 2.24) is 10.3 Å². The van der Waals surface area contributed by atoms with Crippen LogP contribution in [0.15, 0.2) is 16.7 Å². The smallest absolute Gasteiger partial charge is 0.131 e. The van der Waals surface area contributed by atoms with Crippen LogP contribution in [0.5, 0.6) is 0 Å². The van der Waals surface area contributed by atoms with E-state index in [1.54, 1.807) is 0 Å². The van der Waals surface area contributed by atoms with E-state index >= 15 is 0 Å². The van der Waals surface area contributed by atoms with Gasteiger partial charge in [0.05, 0.1) is 0 Å². The maximum absolute atomic E-state index is 4.41. The van der Waals surface area contributed by atoms with Gasteiger partial charge in [0.25, 0.3) is 0 Å². The number of nitrogens with one attached hydrogen (secondary N) is 1. The molecule has 3 nitrogen and oxygen atoms in total. The summed E-state index contributed by atoms with van der Waals surface area (Å²) in [5.74, 6) is 1.05. The quantitative estimate of drug-likeness (QED) is 0.833. The van der Waals surface area contributed by atoms with Crippen LogP contribution in [-0.4, -0.2) is 31.7 Å². The summed E-state index contributed by atoms with van der Waals surface area (Å²) in [6.45, 7) is 7.17. The lowest BCUT2D eigenvalue weighted by molar-refractivity contribution is 0.702. The molecule has 0 saturated carbocycles. The van der Waals surface area contributed by atoms with Gasteiger partial charge in [-0.15, -0.1) is 0 Å². The van der Waals surface area contributed by atoms with E-state index in [0.29, 0.717) is 0 Å². The molecule has 15 heavy (non-hydrogen) atoms. The number of pyridine rings is 1. The van der Waals surface area contributed by atoms with Crippen molar-refractivity contribution in [3.63, 3.8) is 0 Å². The maximum Gasteiger partial charge on any atom is 0.131 e. The average Bonchev–Trinajstić information content (AvgIpc) is 2.17. The summed E-state index contributed by atoms with van der Waals surface area (Å²) in [7, 11) is 2.07.